The normalized spacial score (nSPS) is 25.6. The van der Waals surface area contributed by atoms with Crippen molar-refractivity contribution in [3.05, 3.63) is 126 Å². The van der Waals surface area contributed by atoms with Gasteiger partial charge in [0.25, 0.3) is 11.1 Å². The summed E-state index contributed by atoms with van der Waals surface area (Å²) in [5, 5.41) is 0.470. The molecule has 7 atom stereocenters. The van der Waals surface area contributed by atoms with Crippen LogP contribution in [0.4, 0.5) is 0 Å². The summed E-state index contributed by atoms with van der Waals surface area (Å²) in [6, 6.07) is 19.3. The summed E-state index contributed by atoms with van der Waals surface area (Å²) in [5.41, 5.74) is 3.30. The fourth-order valence-corrected chi connectivity index (χ4v) is 12.1. The van der Waals surface area contributed by atoms with Crippen molar-refractivity contribution < 1.29 is 32.7 Å². The molecular formula is C36H46N5O11PSi. The highest BCUT2D eigenvalue weighted by atomic mass is 31.2. The first-order chi connectivity index (χ1) is 25.5. The molecule has 2 aromatic carbocycles. The van der Waals surface area contributed by atoms with Crippen LogP contribution in [0.15, 0.2) is 92.2 Å². The first kappa shape index (κ1) is 39.7. The van der Waals surface area contributed by atoms with E-state index in [1.54, 1.807) is 6.92 Å². The zero-order valence-corrected chi connectivity index (χ0v) is 32.7. The Labute approximate surface area is 312 Å². The average molecular weight is 784 g/mol. The number of phosphoric ester groups is 1. The minimum Gasteiger partial charge on any atom is -0.370 e. The van der Waals surface area contributed by atoms with E-state index in [0.29, 0.717) is 5.56 Å². The number of nitrogens with zero attached hydrogens (tertiary/aromatic N) is 2. The molecule has 16 nitrogen and oxygen atoms in total. The van der Waals surface area contributed by atoms with E-state index in [9.17, 15) is 28.6 Å². The second-order valence-corrected chi connectivity index (χ2v) is 19.2. The number of aromatic nitrogens is 4. The fraction of sp³-hybridized carbons (Fsp3) is 0.444. The molecule has 4 heterocycles. The number of aromatic amines is 2. The number of hydrogen-bond donors (Lipinski definition) is 4. The molecule has 0 amide bonds. The van der Waals surface area contributed by atoms with Gasteiger partial charge in [-0.25, -0.2) is 14.2 Å². The largest absolute Gasteiger partial charge is 0.472 e. The van der Waals surface area contributed by atoms with Crippen LogP contribution < -0.4 is 38.6 Å². The topological polar surface area (TPSA) is 219 Å². The number of nitrogens with two attached hydrogens (primary N) is 1. The predicted octanol–water partition coefficient (Wildman–Crippen LogP) is 0.658. The molecule has 290 valence electrons. The van der Waals surface area contributed by atoms with Crippen LogP contribution in [-0.2, 0) is 33.2 Å². The molecule has 4 aromatic rings. The van der Waals surface area contributed by atoms with Crippen molar-refractivity contribution in [2.24, 2.45) is 5.73 Å². The molecule has 18 heteroatoms. The number of ether oxygens (including phenoxy) is 3. The molecule has 2 fully saturated rings. The fourth-order valence-electron chi connectivity index (χ4n) is 7.21. The maximum atomic E-state index is 13.8. The summed E-state index contributed by atoms with van der Waals surface area (Å²) in [5.74, 6) is 0. The SMILES string of the molecule is Cc1cn([C@H]2C[C@H](OP(=O)(O)OC[C@H]3O[C@](n4cc(C)c(=O)[nH]c4=O)([SiH](c4ccccc4)c4ccccc4)C[C@@H]3OC(C)(C)C)[C@@H](CN)O2)c(=O)[nH]c1=O. The summed E-state index contributed by atoms with van der Waals surface area (Å²) >= 11 is 0. The monoisotopic (exact) mass is 783 g/mol. The highest BCUT2D eigenvalue weighted by Gasteiger charge is 2.56. The molecule has 0 saturated carbocycles. The third-order valence-electron chi connectivity index (χ3n) is 9.55. The lowest BCUT2D eigenvalue weighted by Gasteiger charge is -2.38. The van der Waals surface area contributed by atoms with E-state index < -0.39 is 87.3 Å². The Balaban J connectivity index is 1.35. The summed E-state index contributed by atoms with van der Waals surface area (Å²) in [7, 11) is -7.56. The Morgan fingerprint density at radius 2 is 1.48 bits per heavy atom. The quantitative estimate of drug-likeness (QED) is 0.115. The lowest BCUT2D eigenvalue weighted by Crippen LogP contribution is -2.64. The smallest absolute Gasteiger partial charge is 0.370 e. The standard InChI is InChI=1S/C36H46N5O11PSi/c1-22-19-40(33(44)38-31(22)42)30-16-26(28(18-37)49-30)52-53(46,47)48-21-29-27(50-35(3,4)5)17-36(51-29,41-20-23(2)32(43)39-34(41)45)54(24-12-8-6-9-13-24)25-14-10-7-11-15-25/h6-15,19-20,26-30,54H,16-18,21,37H2,1-5H3,(H,46,47)(H,38,42,44)(H,39,43,45)/t26-,27-,28+,29+,30+,36-/m0/s1. The number of rotatable bonds is 12. The Morgan fingerprint density at radius 3 is 2.06 bits per heavy atom. The van der Waals surface area contributed by atoms with Crippen LogP contribution in [0.2, 0.25) is 0 Å². The van der Waals surface area contributed by atoms with Crippen molar-refractivity contribution in [1.29, 1.82) is 0 Å². The van der Waals surface area contributed by atoms with E-state index in [4.69, 9.17) is 29.0 Å². The first-order valence-electron chi connectivity index (χ1n) is 17.6. The molecule has 2 saturated heterocycles. The molecule has 2 aliphatic rings. The lowest BCUT2D eigenvalue weighted by molar-refractivity contribution is -0.113. The van der Waals surface area contributed by atoms with Crippen LogP contribution in [0.25, 0.3) is 0 Å². The highest BCUT2D eigenvalue weighted by Crippen LogP contribution is 2.49. The van der Waals surface area contributed by atoms with E-state index in [2.05, 4.69) is 9.97 Å². The van der Waals surface area contributed by atoms with Gasteiger partial charge < -0.3 is 24.8 Å². The van der Waals surface area contributed by atoms with Crippen LogP contribution in [0.3, 0.4) is 0 Å². The van der Waals surface area contributed by atoms with Crippen LogP contribution in [0, 0.1) is 13.8 Å². The maximum absolute atomic E-state index is 13.8. The van der Waals surface area contributed by atoms with Crippen LogP contribution in [-0.4, -0.2) is 76.0 Å². The van der Waals surface area contributed by atoms with E-state index in [1.165, 1.54) is 28.5 Å². The molecular weight excluding hydrogens is 737 g/mol. The number of benzene rings is 2. The number of nitrogens with one attached hydrogen (secondary N) is 2. The molecule has 6 rings (SSSR count). The Bertz CT molecular complexity index is 2200. The van der Waals surface area contributed by atoms with E-state index >= 15 is 0 Å². The molecule has 0 aliphatic carbocycles. The zero-order valence-electron chi connectivity index (χ0n) is 30.7. The minimum absolute atomic E-state index is 0.0458. The molecule has 0 spiro atoms. The Morgan fingerprint density at radius 1 is 0.907 bits per heavy atom. The van der Waals surface area contributed by atoms with Gasteiger partial charge in [0.2, 0.25) is 0 Å². The summed E-state index contributed by atoms with van der Waals surface area (Å²) in [4.78, 5) is 66.7. The first-order valence-corrected chi connectivity index (χ1v) is 20.8. The summed E-state index contributed by atoms with van der Waals surface area (Å²) in [6.45, 7) is 8.13. The molecule has 54 heavy (non-hydrogen) atoms. The van der Waals surface area contributed by atoms with Crippen molar-refractivity contribution in [3.8, 4) is 0 Å². The maximum Gasteiger partial charge on any atom is 0.472 e. The number of H-pyrrole nitrogens is 2. The van der Waals surface area contributed by atoms with Gasteiger partial charge in [-0.2, -0.15) is 0 Å². The van der Waals surface area contributed by atoms with E-state index in [0.717, 1.165) is 10.4 Å². The number of phosphoric acid groups is 1. The molecule has 1 unspecified atom stereocenters. The molecule has 5 N–H and O–H groups in total. The van der Waals surface area contributed by atoms with Crippen molar-refractivity contribution in [3.63, 3.8) is 0 Å². The third-order valence-corrected chi connectivity index (χ3v) is 14.2. The van der Waals surface area contributed by atoms with Crippen LogP contribution in [0.5, 0.6) is 0 Å². The zero-order chi connectivity index (χ0) is 39.0. The van der Waals surface area contributed by atoms with E-state index in [-0.39, 0.29) is 24.9 Å². The van der Waals surface area contributed by atoms with Gasteiger partial charge in [0.05, 0.1) is 24.4 Å². The van der Waals surface area contributed by atoms with Gasteiger partial charge in [-0.15, -0.1) is 0 Å². The predicted molar refractivity (Wildman–Crippen MR) is 202 cm³/mol. The number of aryl methyl sites for hydroxylation is 2. The van der Waals surface area contributed by atoms with E-state index in [1.807, 2.05) is 81.4 Å². The lowest BCUT2D eigenvalue weighted by atomic mass is 10.1. The van der Waals surface area contributed by atoms with Crippen molar-refractivity contribution in [2.45, 2.75) is 89.1 Å². The summed E-state index contributed by atoms with van der Waals surface area (Å²) in [6.07, 6.45) is -1.74. The van der Waals surface area contributed by atoms with Gasteiger partial charge in [0.1, 0.15) is 23.8 Å². The van der Waals surface area contributed by atoms with Crippen molar-refractivity contribution in [2.75, 3.05) is 13.2 Å². The van der Waals surface area contributed by atoms with Crippen molar-refractivity contribution >= 4 is 27.0 Å². The molecule has 2 aromatic heterocycles. The average Bonchev–Trinajstić information content (AvgIpc) is 3.67. The van der Waals surface area contributed by atoms with Crippen LogP contribution >= 0.6 is 7.82 Å². The second-order valence-electron chi connectivity index (χ2n) is 14.7. The number of hydrogen-bond acceptors (Lipinski definition) is 11. The molecule has 2 aliphatic heterocycles. The second kappa shape index (κ2) is 15.6. The Hall–Kier alpha value is -4.03. The summed E-state index contributed by atoms with van der Waals surface area (Å²) < 4.78 is 47.0. The minimum atomic E-state index is -4.87. The Kier molecular flexibility index (Phi) is 11.5. The molecule has 0 radical (unpaired) electrons. The third kappa shape index (κ3) is 8.44. The van der Waals surface area contributed by atoms with Gasteiger partial charge in [-0.3, -0.25) is 37.7 Å². The van der Waals surface area contributed by atoms with Gasteiger partial charge >= 0.3 is 19.2 Å². The van der Waals surface area contributed by atoms with Gasteiger partial charge in [0.15, 0.2) is 8.80 Å². The van der Waals surface area contributed by atoms with Crippen molar-refractivity contribution in [1.82, 2.24) is 19.1 Å². The van der Waals surface area contributed by atoms with Gasteiger partial charge in [-0.05, 0) is 34.6 Å². The van der Waals surface area contributed by atoms with Crippen LogP contribution in [0.1, 0.15) is 51.0 Å². The highest BCUT2D eigenvalue weighted by molar-refractivity contribution is 7.47. The van der Waals surface area contributed by atoms with Gasteiger partial charge in [0, 0.05) is 42.9 Å². The van der Waals surface area contributed by atoms with Gasteiger partial charge in [-0.1, -0.05) is 71.0 Å². The molecule has 0 bridgehead atoms.